The number of sulfonamides is 1. The van der Waals surface area contributed by atoms with Crippen LogP contribution >= 0.6 is 11.3 Å². The van der Waals surface area contributed by atoms with E-state index in [-0.39, 0.29) is 0 Å². The normalized spacial score (nSPS) is 17.2. The molecule has 0 fully saturated rings. The van der Waals surface area contributed by atoms with Crippen LogP contribution in [-0.2, 0) is 22.9 Å². The number of thiophene rings is 1. The van der Waals surface area contributed by atoms with Crippen molar-refractivity contribution in [2.24, 2.45) is 5.92 Å². The number of fused-ring (bicyclic) bond motifs is 1. The average Bonchev–Trinajstić information content (AvgIpc) is 3.09. The smallest absolute Gasteiger partial charge is 0.273 e. The molecular formula is C19H22N2O3S2. The van der Waals surface area contributed by atoms with E-state index in [4.69, 9.17) is 0 Å². The molecular weight excluding hydrogens is 368 g/mol. The van der Waals surface area contributed by atoms with Crippen LogP contribution in [0.5, 0.6) is 0 Å². The lowest BCUT2D eigenvalue weighted by molar-refractivity contribution is 0.0949. The minimum Gasteiger partial charge on any atom is -0.273 e. The zero-order valence-corrected chi connectivity index (χ0v) is 16.2. The molecule has 1 atom stereocenters. The molecule has 0 aliphatic heterocycles. The number of aryl methyl sites for hydroxylation is 1. The third-order valence-electron chi connectivity index (χ3n) is 4.53. The molecule has 0 saturated carbocycles. The van der Waals surface area contributed by atoms with E-state index in [1.165, 1.54) is 27.9 Å². The zero-order valence-electron chi connectivity index (χ0n) is 14.6. The molecule has 138 valence electrons. The van der Waals surface area contributed by atoms with Gasteiger partial charge in [0.15, 0.2) is 0 Å². The highest BCUT2D eigenvalue weighted by Gasteiger charge is 2.22. The van der Waals surface area contributed by atoms with Gasteiger partial charge in [0.25, 0.3) is 15.9 Å². The van der Waals surface area contributed by atoms with Gasteiger partial charge in [-0.25, -0.2) is 8.42 Å². The average molecular weight is 391 g/mol. The fourth-order valence-corrected chi connectivity index (χ4v) is 4.75. The van der Waals surface area contributed by atoms with Crippen LogP contribution in [0.4, 0.5) is 0 Å². The number of carbonyl (C=O) groups excluding carboxylic acids is 1. The molecule has 0 saturated heterocycles. The molecule has 1 aliphatic rings. The van der Waals surface area contributed by atoms with Gasteiger partial charge in [-0.3, -0.25) is 10.2 Å². The van der Waals surface area contributed by atoms with Crippen molar-refractivity contribution in [2.45, 2.75) is 32.6 Å². The van der Waals surface area contributed by atoms with E-state index < -0.39 is 15.9 Å². The largest absolute Gasteiger partial charge is 0.276 e. The van der Waals surface area contributed by atoms with Crippen molar-refractivity contribution in [3.05, 3.63) is 62.7 Å². The summed E-state index contributed by atoms with van der Waals surface area (Å²) in [6, 6.07) is 11.0. The number of nitrogens with one attached hydrogen (secondary N) is 2. The summed E-state index contributed by atoms with van der Waals surface area (Å²) >= 11 is 1.45. The van der Waals surface area contributed by atoms with E-state index >= 15 is 0 Å². The Morgan fingerprint density at radius 1 is 1.31 bits per heavy atom. The van der Waals surface area contributed by atoms with Gasteiger partial charge < -0.3 is 0 Å². The molecule has 1 heterocycles. The van der Waals surface area contributed by atoms with E-state index in [9.17, 15) is 13.2 Å². The van der Waals surface area contributed by atoms with Gasteiger partial charge in [-0.2, -0.15) is 0 Å². The summed E-state index contributed by atoms with van der Waals surface area (Å²) in [6.07, 6.45) is 5.77. The Morgan fingerprint density at radius 2 is 2.08 bits per heavy atom. The minimum atomic E-state index is -3.76. The number of rotatable bonds is 6. The number of amides is 1. The summed E-state index contributed by atoms with van der Waals surface area (Å²) < 4.78 is 24.0. The fraction of sp³-hybridized carbons (Fsp3) is 0.316. The Hall–Kier alpha value is -1.96. The van der Waals surface area contributed by atoms with Crippen LogP contribution in [0, 0.1) is 5.92 Å². The molecule has 1 amide bonds. The van der Waals surface area contributed by atoms with Crippen molar-refractivity contribution in [1.29, 1.82) is 0 Å². The maximum atomic E-state index is 12.3. The van der Waals surface area contributed by atoms with Crippen molar-refractivity contribution in [3.63, 3.8) is 0 Å². The number of hydrogen-bond acceptors (Lipinski definition) is 4. The Balaban J connectivity index is 1.60. The first-order valence-corrected chi connectivity index (χ1v) is 11.0. The maximum Gasteiger partial charge on any atom is 0.276 e. The zero-order chi connectivity index (χ0) is 18.6. The molecule has 5 nitrogen and oxygen atoms in total. The summed E-state index contributed by atoms with van der Waals surface area (Å²) in [5.74, 6) is 0.253. The molecule has 2 aromatic rings. The lowest BCUT2D eigenvalue weighted by Gasteiger charge is -2.19. The molecule has 26 heavy (non-hydrogen) atoms. The second-order valence-corrected chi connectivity index (χ2v) is 9.09. The van der Waals surface area contributed by atoms with Crippen LogP contribution in [-0.4, -0.2) is 14.3 Å². The molecule has 0 radical (unpaired) electrons. The van der Waals surface area contributed by atoms with Crippen LogP contribution < -0.4 is 10.3 Å². The molecule has 1 aliphatic carbocycles. The van der Waals surface area contributed by atoms with Crippen molar-refractivity contribution in [1.82, 2.24) is 10.3 Å². The first-order chi connectivity index (χ1) is 12.5. The Kier molecular flexibility index (Phi) is 5.90. The standard InChI is InChI=1S/C19H22N2O3S2/c1-2-14-8-9-17-16(12-14)13-18(25-17)19(22)20-21-26(23,24)11-10-15-6-4-3-5-7-15/h3-7,10-11,13-14,21H,2,8-9,12H2,1H3,(H,20,22)/b11-10+/t14-/m1/s1. The highest BCUT2D eigenvalue weighted by Crippen LogP contribution is 2.33. The summed E-state index contributed by atoms with van der Waals surface area (Å²) in [7, 11) is -3.76. The number of benzene rings is 1. The number of hydrazine groups is 1. The van der Waals surface area contributed by atoms with Crippen LogP contribution in [0.1, 0.15) is 45.4 Å². The highest BCUT2D eigenvalue weighted by atomic mass is 32.2. The van der Waals surface area contributed by atoms with Gasteiger partial charge in [-0.05, 0) is 48.4 Å². The summed E-state index contributed by atoms with van der Waals surface area (Å²) in [5.41, 5.74) is 4.28. The highest BCUT2D eigenvalue weighted by molar-refractivity contribution is 7.92. The first-order valence-electron chi connectivity index (χ1n) is 8.63. The van der Waals surface area contributed by atoms with Gasteiger partial charge in [0.2, 0.25) is 0 Å². The van der Waals surface area contributed by atoms with E-state index in [2.05, 4.69) is 17.2 Å². The maximum absolute atomic E-state index is 12.3. The Labute approximate surface area is 158 Å². The predicted molar refractivity (Wildman–Crippen MR) is 105 cm³/mol. The van der Waals surface area contributed by atoms with Gasteiger partial charge >= 0.3 is 0 Å². The lowest BCUT2D eigenvalue weighted by Crippen LogP contribution is -2.40. The number of carbonyl (C=O) groups is 1. The second kappa shape index (κ2) is 8.16. The van der Waals surface area contributed by atoms with E-state index in [1.807, 2.05) is 24.3 Å². The molecule has 0 spiro atoms. The van der Waals surface area contributed by atoms with Crippen molar-refractivity contribution in [2.75, 3.05) is 0 Å². The molecule has 1 aromatic heterocycles. The molecule has 7 heteroatoms. The molecule has 0 bridgehead atoms. The quantitative estimate of drug-likeness (QED) is 0.741. The van der Waals surface area contributed by atoms with Crippen molar-refractivity contribution >= 4 is 33.3 Å². The van der Waals surface area contributed by atoms with E-state index in [0.717, 1.165) is 36.7 Å². The Morgan fingerprint density at radius 3 is 2.81 bits per heavy atom. The topological polar surface area (TPSA) is 75.3 Å². The van der Waals surface area contributed by atoms with Crippen molar-refractivity contribution < 1.29 is 13.2 Å². The Bertz CT molecular complexity index is 902. The van der Waals surface area contributed by atoms with Crippen LogP contribution in [0.3, 0.4) is 0 Å². The third kappa shape index (κ3) is 4.81. The van der Waals surface area contributed by atoms with Gasteiger partial charge in [-0.1, -0.05) is 43.7 Å². The predicted octanol–water partition coefficient (Wildman–Crippen LogP) is 3.50. The molecule has 3 rings (SSSR count). The van der Waals surface area contributed by atoms with Gasteiger partial charge in [-0.15, -0.1) is 16.2 Å². The van der Waals surface area contributed by atoms with Crippen LogP contribution in [0.2, 0.25) is 0 Å². The number of hydrogen-bond donors (Lipinski definition) is 2. The summed E-state index contributed by atoms with van der Waals surface area (Å²) in [4.78, 5) is 16.2. The molecule has 0 unspecified atom stereocenters. The SMILES string of the molecule is CC[C@@H]1CCc2sc(C(=O)NNS(=O)(=O)/C=C/c3ccccc3)cc2C1. The van der Waals surface area contributed by atoms with Gasteiger partial charge in [0.1, 0.15) is 0 Å². The first kappa shape index (κ1) is 18.8. The van der Waals surface area contributed by atoms with Gasteiger partial charge in [0, 0.05) is 10.3 Å². The molecule has 2 N–H and O–H groups in total. The lowest BCUT2D eigenvalue weighted by atomic mass is 9.87. The van der Waals surface area contributed by atoms with E-state index in [1.54, 1.807) is 12.1 Å². The van der Waals surface area contributed by atoms with Crippen molar-refractivity contribution in [3.8, 4) is 0 Å². The van der Waals surface area contributed by atoms with E-state index in [0.29, 0.717) is 10.8 Å². The third-order valence-corrected chi connectivity index (χ3v) is 6.65. The van der Waals surface area contributed by atoms with Crippen LogP contribution in [0.25, 0.3) is 6.08 Å². The van der Waals surface area contributed by atoms with Gasteiger partial charge in [0.05, 0.1) is 4.88 Å². The monoisotopic (exact) mass is 390 g/mol. The van der Waals surface area contributed by atoms with Crippen LogP contribution in [0.15, 0.2) is 41.8 Å². The summed E-state index contributed by atoms with van der Waals surface area (Å²) in [5, 5.41) is 1.04. The summed E-state index contributed by atoms with van der Waals surface area (Å²) in [6.45, 7) is 2.19. The molecule has 1 aromatic carbocycles. The fourth-order valence-electron chi connectivity index (χ4n) is 3.00. The minimum absolute atomic E-state index is 0.422. The second-order valence-electron chi connectivity index (χ2n) is 6.39.